The topological polar surface area (TPSA) is 122 Å². The minimum Gasteiger partial charge on any atom is -0.481 e. The summed E-state index contributed by atoms with van der Waals surface area (Å²) in [6.45, 7) is -0.441. The zero-order valence-corrected chi connectivity index (χ0v) is 10.8. The normalized spacial score (nSPS) is 11.4. The van der Waals surface area contributed by atoms with Crippen LogP contribution in [0.5, 0.6) is 0 Å². The standard InChI is InChI=1S/C13H17N3O4/c14-7-11(17)15-8-12(18)16-10(6-13(19)20)9-4-2-1-3-5-9/h1-5,10H,6-8,14H2,(H,15,17)(H,16,18)(H,19,20). The first kappa shape index (κ1) is 15.6. The van der Waals surface area contributed by atoms with Crippen molar-refractivity contribution in [3.63, 3.8) is 0 Å². The molecule has 1 aromatic carbocycles. The van der Waals surface area contributed by atoms with Crippen LogP contribution in [0.15, 0.2) is 30.3 Å². The van der Waals surface area contributed by atoms with Gasteiger partial charge in [-0.05, 0) is 5.56 Å². The van der Waals surface area contributed by atoms with Gasteiger partial charge in [0.2, 0.25) is 11.8 Å². The van der Waals surface area contributed by atoms with Crippen molar-refractivity contribution < 1.29 is 19.5 Å². The fraction of sp³-hybridized carbons (Fsp3) is 0.308. The van der Waals surface area contributed by atoms with Crippen LogP contribution in [0.25, 0.3) is 0 Å². The molecule has 5 N–H and O–H groups in total. The van der Waals surface area contributed by atoms with Crippen LogP contribution >= 0.6 is 0 Å². The molecule has 1 aromatic rings. The summed E-state index contributed by atoms with van der Waals surface area (Å²) >= 11 is 0. The van der Waals surface area contributed by atoms with Crippen molar-refractivity contribution >= 4 is 17.8 Å². The van der Waals surface area contributed by atoms with Crippen LogP contribution in [0, 0.1) is 0 Å². The first-order valence-corrected chi connectivity index (χ1v) is 6.05. The lowest BCUT2D eigenvalue weighted by molar-refractivity contribution is -0.138. The molecule has 1 atom stereocenters. The number of nitrogens with one attached hydrogen (secondary N) is 2. The Kier molecular flexibility index (Phi) is 6.18. The highest BCUT2D eigenvalue weighted by atomic mass is 16.4. The predicted octanol–water partition coefficient (Wildman–Crippen LogP) is -0.606. The van der Waals surface area contributed by atoms with Crippen molar-refractivity contribution in [3.05, 3.63) is 35.9 Å². The van der Waals surface area contributed by atoms with Gasteiger partial charge in [0.25, 0.3) is 0 Å². The first-order chi connectivity index (χ1) is 9.52. The van der Waals surface area contributed by atoms with Crippen LogP contribution < -0.4 is 16.4 Å². The summed E-state index contributed by atoms with van der Waals surface area (Å²) in [5.41, 5.74) is 5.78. The van der Waals surface area contributed by atoms with Gasteiger partial charge in [0.05, 0.1) is 25.6 Å². The molecule has 0 bridgehead atoms. The van der Waals surface area contributed by atoms with Crippen molar-refractivity contribution in [1.82, 2.24) is 10.6 Å². The molecule has 0 aliphatic heterocycles. The zero-order chi connectivity index (χ0) is 15.0. The molecule has 0 aromatic heterocycles. The molecule has 0 saturated heterocycles. The molecule has 0 radical (unpaired) electrons. The van der Waals surface area contributed by atoms with Crippen molar-refractivity contribution in [2.24, 2.45) is 5.73 Å². The lowest BCUT2D eigenvalue weighted by atomic mass is 10.0. The summed E-state index contributed by atoms with van der Waals surface area (Å²) in [7, 11) is 0. The first-order valence-electron chi connectivity index (χ1n) is 6.05. The summed E-state index contributed by atoms with van der Waals surface area (Å²) in [5, 5.41) is 13.8. The molecular formula is C13H17N3O4. The second-order valence-corrected chi connectivity index (χ2v) is 4.11. The van der Waals surface area contributed by atoms with Gasteiger partial charge in [-0.2, -0.15) is 0 Å². The van der Waals surface area contributed by atoms with E-state index in [1.54, 1.807) is 30.3 Å². The highest BCUT2D eigenvalue weighted by Crippen LogP contribution is 2.16. The maximum absolute atomic E-state index is 11.7. The highest BCUT2D eigenvalue weighted by molar-refractivity contribution is 5.85. The summed E-state index contributed by atoms with van der Waals surface area (Å²) < 4.78 is 0. The number of carboxylic acid groups (broad SMARTS) is 1. The van der Waals surface area contributed by atoms with Crippen LogP contribution in [0.2, 0.25) is 0 Å². The van der Waals surface area contributed by atoms with Crippen molar-refractivity contribution in [3.8, 4) is 0 Å². The van der Waals surface area contributed by atoms with E-state index in [4.69, 9.17) is 10.8 Å². The van der Waals surface area contributed by atoms with Gasteiger partial charge in [-0.3, -0.25) is 14.4 Å². The Morgan fingerprint density at radius 2 is 1.80 bits per heavy atom. The Morgan fingerprint density at radius 1 is 1.15 bits per heavy atom. The van der Waals surface area contributed by atoms with Crippen LogP contribution in [0.1, 0.15) is 18.0 Å². The van der Waals surface area contributed by atoms with Gasteiger partial charge in [-0.25, -0.2) is 0 Å². The van der Waals surface area contributed by atoms with E-state index in [9.17, 15) is 14.4 Å². The smallest absolute Gasteiger partial charge is 0.305 e. The maximum atomic E-state index is 11.7. The van der Waals surface area contributed by atoms with E-state index < -0.39 is 23.8 Å². The number of hydrogen-bond donors (Lipinski definition) is 4. The summed E-state index contributed by atoms with van der Waals surface area (Å²) in [4.78, 5) is 33.4. The van der Waals surface area contributed by atoms with Crippen LogP contribution in [0.4, 0.5) is 0 Å². The summed E-state index contributed by atoms with van der Waals surface area (Å²) in [5.74, 6) is -1.94. The average molecular weight is 279 g/mol. The van der Waals surface area contributed by atoms with Crippen LogP contribution in [-0.4, -0.2) is 36.0 Å². The number of carbonyl (C=O) groups excluding carboxylic acids is 2. The van der Waals surface area contributed by atoms with Gasteiger partial charge in [0, 0.05) is 0 Å². The third kappa shape index (κ3) is 5.49. The molecule has 1 rings (SSSR count). The second kappa shape index (κ2) is 7.90. The molecular weight excluding hydrogens is 262 g/mol. The number of aliphatic carboxylic acids is 1. The minimum atomic E-state index is -1.02. The maximum Gasteiger partial charge on any atom is 0.305 e. The summed E-state index contributed by atoms with van der Waals surface area (Å²) in [6, 6.07) is 8.12. The predicted molar refractivity (Wildman–Crippen MR) is 71.6 cm³/mol. The number of carboxylic acids is 1. The van der Waals surface area contributed by atoms with Crippen molar-refractivity contribution in [2.45, 2.75) is 12.5 Å². The Morgan fingerprint density at radius 3 is 2.35 bits per heavy atom. The van der Waals surface area contributed by atoms with E-state index in [1.165, 1.54) is 0 Å². The molecule has 0 spiro atoms. The van der Waals surface area contributed by atoms with Crippen molar-refractivity contribution in [1.29, 1.82) is 0 Å². The SMILES string of the molecule is NCC(=O)NCC(=O)NC(CC(=O)O)c1ccccc1. The zero-order valence-electron chi connectivity index (χ0n) is 10.8. The Balaban J connectivity index is 2.63. The third-order valence-corrected chi connectivity index (χ3v) is 2.55. The molecule has 0 heterocycles. The van der Waals surface area contributed by atoms with Gasteiger partial charge >= 0.3 is 5.97 Å². The van der Waals surface area contributed by atoms with E-state index in [0.29, 0.717) is 5.56 Å². The van der Waals surface area contributed by atoms with E-state index >= 15 is 0 Å². The largest absolute Gasteiger partial charge is 0.481 e. The lowest BCUT2D eigenvalue weighted by Gasteiger charge is -2.17. The fourth-order valence-corrected chi connectivity index (χ4v) is 1.61. The number of amides is 2. The van der Waals surface area contributed by atoms with E-state index in [-0.39, 0.29) is 19.5 Å². The van der Waals surface area contributed by atoms with E-state index in [0.717, 1.165) is 0 Å². The Hall–Kier alpha value is -2.41. The fourth-order valence-electron chi connectivity index (χ4n) is 1.61. The van der Waals surface area contributed by atoms with Crippen LogP contribution in [0.3, 0.4) is 0 Å². The van der Waals surface area contributed by atoms with Gasteiger partial charge < -0.3 is 21.5 Å². The van der Waals surface area contributed by atoms with Gasteiger partial charge in [-0.15, -0.1) is 0 Å². The van der Waals surface area contributed by atoms with Crippen molar-refractivity contribution in [2.75, 3.05) is 13.1 Å². The molecule has 7 nitrogen and oxygen atoms in total. The number of hydrogen-bond acceptors (Lipinski definition) is 4. The molecule has 0 saturated carbocycles. The molecule has 0 fully saturated rings. The van der Waals surface area contributed by atoms with E-state index in [1.807, 2.05) is 0 Å². The molecule has 108 valence electrons. The summed E-state index contributed by atoms with van der Waals surface area (Å²) in [6.07, 6.45) is -0.236. The molecule has 1 unspecified atom stereocenters. The Labute approximate surface area is 116 Å². The van der Waals surface area contributed by atoms with Gasteiger partial charge in [-0.1, -0.05) is 30.3 Å². The van der Waals surface area contributed by atoms with Crippen LogP contribution in [-0.2, 0) is 14.4 Å². The quantitative estimate of drug-likeness (QED) is 0.530. The third-order valence-electron chi connectivity index (χ3n) is 2.55. The monoisotopic (exact) mass is 279 g/mol. The second-order valence-electron chi connectivity index (χ2n) is 4.11. The number of carbonyl (C=O) groups is 3. The Bertz CT molecular complexity index is 476. The van der Waals surface area contributed by atoms with Gasteiger partial charge in [0.1, 0.15) is 0 Å². The molecule has 7 heteroatoms. The lowest BCUT2D eigenvalue weighted by Crippen LogP contribution is -2.41. The average Bonchev–Trinajstić information content (AvgIpc) is 2.44. The molecule has 2 amide bonds. The highest BCUT2D eigenvalue weighted by Gasteiger charge is 2.17. The molecule has 0 aliphatic carbocycles. The molecule has 0 aliphatic rings. The van der Waals surface area contributed by atoms with Gasteiger partial charge in [0.15, 0.2) is 0 Å². The number of nitrogens with two attached hydrogens (primary N) is 1. The number of rotatable bonds is 7. The number of benzene rings is 1. The van der Waals surface area contributed by atoms with E-state index in [2.05, 4.69) is 10.6 Å². The minimum absolute atomic E-state index is 0.204. The molecule has 20 heavy (non-hydrogen) atoms.